The molecule has 142 valence electrons. The van der Waals surface area contributed by atoms with Crippen LogP contribution in [0.25, 0.3) is 0 Å². The van der Waals surface area contributed by atoms with E-state index in [9.17, 15) is 22.8 Å². The summed E-state index contributed by atoms with van der Waals surface area (Å²) >= 11 is 0. The van der Waals surface area contributed by atoms with Gasteiger partial charge in [-0.3, -0.25) is 9.59 Å². The van der Waals surface area contributed by atoms with Crippen LogP contribution in [0.15, 0.2) is 54.6 Å². The summed E-state index contributed by atoms with van der Waals surface area (Å²) in [5, 5.41) is 0. The number of hydrogen-bond donors (Lipinski definition) is 0. The summed E-state index contributed by atoms with van der Waals surface area (Å²) < 4.78 is 37.9. The first kappa shape index (κ1) is 18.9. The Morgan fingerprint density at radius 3 is 1.93 bits per heavy atom. The van der Waals surface area contributed by atoms with Gasteiger partial charge in [-0.25, -0.2) is 0 Å². The number of carbonyl (C=O) groups is 2. The van der Waals surface area contributed by atoms with Crippen molar-refractivity contribution in [3.63, 3.8) is 0 Å². The zero-order valence-electron chi connectivity index (χ0n) is 14.6. The van der Waals surface area contributed by atoms with E-state index >= 15 is 0 Å². The quantitative estimate of drug-likeness (QED) is 0.825. The van der Waals surface area contributed by atoms with Gasteiger partial charge in [0.1, 0.15) is 0 Å². The number of hydrogen-bond acceptors (Lipinski definition) is 2. The first-order chi connectivity index (χ1) is 12.8. The van der Waals surface area contributed by atoms with Gasteiger partial charge in [-0.05, 0) is 29.8 Å². The number of benzene rings is 2. The van der Waals surface area contributed by atoms with E-state index in [1.165, 1.54) is 12.1 Å². The Hall–Kier alpha value is -2.83. The first-order valence-electron chi connectivity index (χ1n) is 8.63. The van der Waals surface area contributed by atoms with Gasteiger partial charge in [-0.2, -0.15) is 13.2 Å². The van der Waals surface area contributed by atoms with Crippen LogP contribution in [0.3, 0.4) is 0 Å². The second-order valence-electron chi connectivity index (χ2n) is 6.41. The third-order valence-electron chi connectivity index (χ3n) is 4.58. The summed E-state index contributed by atoms with van der Waals surface area (Å²) in [6.07, 6.45) is -4.11. The fraction of sp³-hybridized carbons (Fsp3) is 0.300. The highest BCUT2D eigenvalue weighted by atomic mass is 19.4. The van der Waals surface area contributed by atoms with Gasteiger partial charge in [0.15, 0.2) is 0 Å². The maximum atomic E-state index is 12.6. The van der Waals surface area contributed by atoms with Crippen molar-refractivity contribution in [1.82, 2.24) is 9.80 Å². The molecule has 0 radical (unpaired) electrons. The van der Waals surface area contributed by atoms with Gasteiger partial charge in [-0.1, -0.05) is 30.3 Å². The van der Waals surface area contributed by atoms with Gasteiger partial charge in [0.05, 0.1) is 12.0 Å². The summed E-state index contributed by atoms with van der Waals surface area (Å²) in [6.45, 7) is 1.55. The SMILES string of the molecule is O=C(Cc1ccccc1)N1CCN(C(=O)c2ccc(C(F)(F)F)cc2)CC1. The van der Waals surface area contributed by atoms with E-state index < -0.39 is 11.7 Å². The minimum absolute atomic E-state index is 0.00262. The Morgan fingerprint density at radius 2 is 1.37 bits per heavy atom. The number of halogens is 3. The van der Waals surface area contributed by atoms with Crippen LogP contribution >= 0.6 is 0 Å². The molecule has 2 amide bonds. The van der Waals surface area contributed by atoms with Crippen molar-refractivity contribution in [2.24, 2.45) is 0 Å². The third kappa shape index (κ3) is 4.67. The molecule has 27 heavy (non-hydrogen) atoms. The Kier molecular flexibility index (Phi) is 5.48. The Balaban J connectivity index is 1.55. The summed E-state index contributed by atoms with van der Waals surface area (Å²) in [7, 11) is 0. The maximum absolute atomic E-state index is 12.6. The molecule has 2 aromatic rings. The Labute approximate surface area is 155 Å². The van der Waals surface area contributed by atoms with Crippen LogP contribution in [0, 0.1) is 0 Å². The molecular formula is C20H19F3N2O2. The fourth-order valence-electron chi connectivity index (χ4n) is 3.03. The van der Waals surface area contributed by atoms with E-state index in [1.807, 2.05) is 30.3 Å². The molecule has 0 unspecified atom stereocenters. The van der Waals surface area contributed by atoms with Crippen LogP contribution in [0.5, 0.6) is 0 Å². The van der Waals surface area contributed by atoms with Crippen LogP contribution in [-0.4, -0.2) is 47.8 Å². The minimum Gasteiger partial charge on any atom is -0.339 e. The lowest BCUT2D eigenvalue weighted by Crippen LogP contribution is -2.51. The molecule has 3 rings (SSSR count). The standard InChI is InChI=1S/C20H19F3N2O2/c21-20(22,23)17-8-6-16(7-9-17)19(27)25-12-10-24(11-13-25)18(26)14-15-4-2-1-3-5-15/h1-9H,10-14H2. The molecule has 1 heterocycles. The van der Waals surface area contributed by atoms with Crippen LogP contribution < -0.4 is 0 Å². The van der Waals surface area contributed by atoms with Crippen molar-refractivity contribution in [3.05, 3.63) is 71.3 Å². The first-order valence-corrected chi connectivity index (χ1v) is 8.63. The van der Waals surface area contributed by atoms with E-state index in [2.05, 4.69) is 0 Å². The number of carbonyl (C=O) groups excluding carboxylic acids is 2. The third-order valence-corrected chi connectivity index (χ3v) is 4.58. The monoisotopic (exact) mass is 376 g/mol. The lowest BCUT2D eigenvalue weighted by Gasteiger charge is -2.35. The van der Waals surface area contributed by atoms with Crippen molar-refractivity contribution >= 4 is 11.8 Å². The lowest BCUT2D eigenvalue weighted by atomic mass is 10.1. The highest BCUT2D eigenvalue weighted by molar-refractivity contribution is 5.94. The molecule has 7 heteroatoms. The van der Waals surface area contributed by atoms with Gasteiger partial charge in [0.25, 0.3) is 5.91 Å². The van der Waals surface area contributed by atoms with E-state index in [0.717, 1.165) is 17.7 Å². The zero-order chi connectivity index (χ0) is 19.4. The van der Waals surface area contributed by atoms with Crippen molar-refractivity contribution in [1.29, 1.82) is 0 Å². The summed E-state index contributed by atoms with van der Waals surface area (Å²) in [5.41, 5.74) is 0.369. The molecule has 1 fully saturated rings. The van der Waals surface area contributed by atoms with Crippen molar-refractivity contribution in [2.45, 2.75) is 12.6 Å². The molecule has 0 bridgehead atoms. The van der Waals surface area contributed by atoms with Crippen LogP contribution in [-0.2, 0) is 17.4 Å². The number of amides is 2. The van der Waals surface area contributed by atoms with Gasteiger partial charge >= 0.3 is 6.18 Å². The number of piperazine rings is 1. The van der Waals surface area contributed by atoms with E-state index in [-0.39, 0.29) is 17.4 Å². The molecule has 1 saturated heterocycles. The van der Waals surface area contributed by atoms with Crippen LogP contribution in [0.1, 0.15) is 21.5 Å². The lowest BCUT2D eigenvalue weighted by molar-refractivity contribution is -0.137. The highest BCUT2D eigenvalue weighted by Gasteiger charge is 2.31. The fourth-order valence-corrected chi connectivity index (χ4v) is 3.03. The second kappa shape index (κ2) is 7.82. The molecule has 0 spiro atoms. The Morgan fingerprint density at radius 1 is 0.815 bits per heavy atom. The van der Waals surface area contributed by atoms with Crippen molar-refractivity contribution in [2.75, 3.05) is 26.2 Å². The molecule has 4 nitrogen and oxygen atoms in total. The molecule has 0 saturated carbocycles. The smallest absolute Gasteiger partial charge is 0.339 e. The normalized spacial score (nSPS) is 14.9. The highest BCUT2D eigenvalue weighted by Crippen LogP contribution is 2.29. The van der Waals surface area contributed by atoms with Gasteiger partial charge in [0, 0.05) is 31.7 Å². The summed E-state index contributed by atoms with van der Waals surface area (Å²) in [5.74, 6) is -0.318. The van der Waals surface area contributed by atoms with E-state index in [0.29, 0.717) is 32.6 Å². The number of alkyl halides is 3. The molecule has 1 aliphatic heterocycles. The van der Waals surface area contributed by atoms with Gasteiger partial charge < -0.3 is 9.80 Å². The second-order valence-corrected chi connectivity index (χ2v) is 6.41. The number of rotatable bonds is 3. The Bertz CT molecular complexity index is 796. The van der Waals surface area contributed by atoms with Crippen LogP contribution in [0.4, 0.5) is 13.2 Å². The molecule has 0 aromatic heterocycles. The minimum atomic E-state index is -4.42. The molecule has 0 atom stereocenters. The number of nitrogens with zero attached hydrogens (tertiary/aromatic N) is 2. The van der Waals surface area contributed by atoms with E-state index in [4.69, 9.17) is 0 Å². The molecule has 0 aliphatic carbocycles. The van der Waals surface area contributed by atoms with Gasteiger partial charge in [0.2, 0.25) is 5.91 Å². The van der Waals surface area contributed by atoms with Crippen molar-refractivity contribution < 1.29 is 22.8 Å². The largest absolute Gasteiger partial charge is 0.416 e. The van der Waals surface area contributed by atoms with Crippen LogP contribution in [0.2, 0.25) is 0 Å². The van der Waals surface area contributed by atoms with E-state index in [1.54, 1.807) is 9.80 Å². The molecule has 0 N–H and O–H groups in total. The molecule has 1 aliphatic rings. The topological polar surface area (TPSA) is 40.6 Å². The average Bonchev–Trinajstić information content (AvgIpc) is 2.68. The van der Waals surface area contributed by atoms with Crippen molar-refractivity contribution in [3.8, 4) is 0 Å². The average molecular weight is 376 g/mol. The summed E-state index contributed by atoms with van der Waals surface area (Å²) in [4.78, 5) is 28.1. The maximum Gasteiger partial charge on any atom is 0.416 e. The molecule has 2 aromatic carbocycles. The zero-order valence-corrected chi connectivity index (χ0v) is 14.6. The van der Waals surface area contributed by atoms with Gasteiger partial charge in [-0.15, -0.1) is 0 Å². The molecular weight excluding hydrogens is 357 g/mol. The predicted molar refractivity (Wildman–Crippen MR) is 94.1 cm³/mol. The summed E-state index contributed by atoms with van der Waals surface area (Å²) in [6, 6.07) is 13.6. The predicted octanol–water partition coefficient (Wildman–Crippen LogP) is 3.23.